The fourth-order valence-corrected chi connectivity index (χ4v) is 3.89. The van der Waals surface area contributed by atoms with E-state index in [0.717, 1.165) is 23.4 Å². The van der Waals surface area contributed by atoms with E-state index in [-0.39, 0.29) is 18.4 Å². The van der Waals surface area contributed by atoms with E-state index in [4.69, 9.17) is 9.26 Å². The SMILES string of the molecule is CCCc1noc(CCC(=O)Nc2nc3c(s2)CN(C(=O)OC(C)(C)C)CC3)n1. The third kappa shape index (κ3) is 5.99. The molecule has 1 aliphatic heterocycles. The first-order valence-corrected chi connectivity index (χ1v) is 10.6. The largest absolute Gasteiger partial charge is 0.444 e. The van der Waals surface area contributed by atoms with Gasteiger partial charge in [0.05, 0.1) is 12.2 Å². The normalized spacial score (nSPS) is 13.9. The van der Waals surface area contributed by atoms with Gasteiger partial charge in [0.1, 0.15) is 5.60 Å². The second kappa shape index (κ2) is 8.89. The molecule has 1 N–H and O–H groups in total. The molecule has 3 heterocycles. The van der Waals surface area contributed by atoms with Crippen molar-refractivity contribution in [3.05, 3.63) is 22.3 Å². The van der Waals surface area contributed by atoms with E-state index >= 15 is 0 Å². The maximum Gasteiger partial charge on any atom is 0.410 e. The van der Waals surface area contributed by atoms with Gasteiger partial charge < -0.3 is 19.5 Å². The summed E-state index contributed by atoms with van der Waals surface area (Å²) in [6, 6.07) is 0. The lowest BCUT2D eigenvalue weighted by Gasteiger charge is -2.29. The summed E-state index contributed by atoms with van der Waals surface area (Å²) < 4.78 is 10.6. The summed E-state index contributed by atoms with van der Waals surface area (Å²) in [7, 11) is 0. The maximum absolute atomic E-state index is 12.3. The fraction of sp³-hybridized carbons (Fsp3) is 0.632. The van der Waals surface area contributed by atoms with E-state index in [1.807, 2.05) is 27.7 Å². The Morgan fingerprint density at radius 2 is 2.07 bits per heavy atom. The van der Waals surface area contributed by atoms with Crippen molar-refractivity contribution in [2.24, 2.45) is 0 Å². The lowest BCUT2D eigenvalue weighted by atomic mass is 10.2. The van der Waals surface area contributed by atoms with Crippen molar-refractivity contribution >= 4 is 28.5 Å². The Bertz CT molecular complexity index is 870. The van der Waals surface area contributed by atoms with Crippen molar-refractivity contribution in [2.45, 2.75) is 71.9 Å². The molecule has 2 amide bonds. The minimum atomic E-state index is -0.528. The van der Waals surface area contributed by atoms with Gasteiger partial charge in [0, 0.05) is 37.1 Å². The highest BCUT2D eigenvalue weighted by molar-refractivity contribution is 7.15. The molecule has 2 aromatic heterocycles. The number of carbonyl (C=O) groups excluding carboxylic acids is 2. The summed E-state index contributed by atoms with van der Waals surface area (Å²) in [4.78, 5) is 35.9. The van der Waals surface area contributed by atoms with Crippen molar-refractivity contribution in [3.63, 3.8) is 0 Å². The highest BCUT2D eigenvalue weighted by Crippen LogP contribution is 2.29. The number of hydrogen-bond donors (Lipinski definition) is 1. The number of ether oxygens (including phenoxy) is 1. The maximum atomic E-state index is 12.3. The van der Waals surface area contributed by atoms with Crippen molar-refractivity contribution in [1.82, 2.24) is 20.0 Å². The van der Waals surface area contributed by atoms with E-state index in [0.29, 0.717) is 42.8 Å². The molecule has 29 heavy (non-hydrogen) atoms. The molecule has 0 bridgehead atoms. The van der Waals surface area contributed by atoms with E-state index in [9.17, 15) is 9.59 Å². The minimum Gasteiger partial charge on any atom is -0.444 e. The number of rotatable bonds is 6. The Morgan fingerprint density at radius 1 is 1.28 bits per heavy atom. The Balaban J connectivity index is 1.51. The van der Waals surface area contributed by atoms with Crippen molar-refractivity contribution < 1.29 is 18.8 Å². The first-order chi connectivity index (χ1) is 13.7. The van der Waals surface area contributed by atoms with Crippen LogP contribution in [-0.4, -0.2) is 44.2 Å². The predicted molar refractivity (Wildman–Crippen MR) is 108 cm³/mol. The molecule has 0 fully saturated rings. The molecule has 158 valence electrons. The minimum absolute atomic E-state index is 0.157. The molecule has 9 nitrogen and oxygen atoms in total. The van der Waals surface area contributed by atoms with Crippen LogP contribution in [0.25, 0.3) is 0 Å². The van der Waals surface area contributed by atoms with Gasteiger partial charge in [-0.3, -0.25) is 4.79 Å². The average molecular weight is 422 g/mol. The summed E-state index contributed by atoms with van der Waals surface area (Å²) in [5.41, 5.74) is 0.395. The van der Waals surface area contributed by atoms with Crippen LogP contribution in [-0.2, 0) is 35.3 Å². The predicted octanol–water partition coefficient (Wildman–Crippen LogP) is 3.34. The molecule has 2 aromatic rings. The molecule has 0 aromatic carbocycles. The number of aryl methyl sites for hydroxylation is 2. The number of amides is 2. The van der Waals surface area contributed by atoms with Gasteiger partial charge in [-0.05, 0) is 27.2 Å². The van der Waals surface area contributed by atoms with Crippen LogP contribution in [0.3, 0.4) is 0 Å². The number of nitrogens with zero attached hydrogens (tertiary/aromatic N) is 4. The van der Waals surface area contributed by atoms with E-state index in [2.05, 4.69) is 20.4 Å². The van der Waals surface area contributed by atoms with Crippen LogP contribution in [0.15, 0.2) is 4.52 Å². The van der Waals surface area contributed by atoms with Gasteiger partial charge in [0.25, 0.3) is 0 Å². The van der Waals surface area contributed by atoms with Crippen molar-refractivity contribution in [2.75, 3.05) is 11.9 Å². The molecule has 10 heteroatoms. The Hall–Kier alpha value is -2.49. The van der Waals surface area contributed by atoms with Crippen LogP contribution < -0.4 is 5.32 Å². The fourth-order valence-electron chi connectivity index (χ4n) is 2.85. The Kier molecular flexibility index (Phi) is 6.51. The molecule has 0 radical (unpaired) electrons. The van der Waals surface area contributed by atoms with Crippen LogP contribution >= 0.6 is 11.3 Å². The van der Waals surface area contributed by atoms with E-state index in [1.165, 1.54) is 11.3 Å². The molecular formula is C19H27N5O4S. The van der Waals surface area contributed by atoms with Gasteiger partial charge in [-0.1, -0.05) is 23.4 Å². The highest BCUT2D eigenvalue weighted by Gasteiger charge is 2.28. The number of nitrogens with one attached hydrogen (secondary N) is 1. The molecule has 0 atom stereocenters. The zero-order valence-corrected chi connectivity index (χ0v) is 18.1. The standard InChI is InChI=1S/C19H27N5O4S/c1-5-6-14-21-16(28-23-14)8-7-15(25)22-17-20-12-9-10-24(11-13(12)29-17)18(26)27-19(2,3)4/h5-11H2,1-4H3,(H,20,22,25). The number of anilines is 1. The lowest BCUT2D eigenvalue weighted by Crippen LogP contribution is -2.39. The van der Waals surface area contributed by atoms with Crippen LogP contribution in [0.1, 0.15) is 62.8 Å². The number of thiazole rings is 1. The molecular weight excluding hydrogens is 394 g/mol. The molecule has 0 saturated carbocycles. The average Bonchev–Trinajstić information content (AvgIpc) is 3.24. The number of hydrogen-bond acceptors (Lipinski definition) is 8. The number of aromatic nitrogens is 3. The van der Waals surface area contributed by atoms with Gasteiger partial charge in [-0.15, -0.1) is 0 Å². The number of fused-ring (bicyclic) bond motifs is 1. The van der Waals surface area contributed by atoms with Gasteiger partial charge in [0.15, 0.2) is 11.0 Å². The summed E-state index contributed by atoms with van der Waals surface area (Å²) in [5.74, 6) is 0.982. The van der Waals surface area contributed by atoms with Gasteiger partial charge >= 0.3 is 6.09 Å². The highest BCUT2D eigenvalue weighted by atomic mass is 32.1. The third-order valence-electron chi connectivity index (χ3n) is 4.18. The molecule has 3 rings (SSSR count). The zero-order valence-electron chi connectivity index (χ0n) is 17.3. The second-order valence-electron chi connectivity index (χ2n) is 7.94. The van der Waals surface area contributed by atoms with Crippen LogP contribution in [0.2, 0.25) is 0 Å². The number of carbonyl (C=O) groups is 2. The van der Waals surface area contributed by atoms with Crippen LogP contribution in [0, 0.1) is 0 Å². The molecule has 0 spiro atoms. The monoisotopic (exact) mass is 421 g/mol. The van der Waals surface area contributed by atoms with Crippen LogP contribution in [0.5, 0.6) is 0 Å². The topological polar surface area (TPSA) is 110 Å². The van der Waals surface area contributed by atoms with Gasteiger partial charge in [-0.2, -0.15) is 4.98 Å². The quantitative estimate of drug-likeness (QED) is 0.761. The summed E-state index contributed by atoms with van der Waals surface area (Å²) in [6.07, 6.45) is 2.65. The van der Waals surface area contributed by atoms with Gasteiger partial charge in [0.2, 0.25) is 11.8 Å². The van der Waals surface area contributed by atoms with Crippen molar-refractivity contribution in [3.8, 4) is 0 Å². The third-order valence-corrected chi connectivity index (χ3v) is 5.18. The summed E-state index contributed by atoms with van der Waals surface area (Å²) in [6.45, 7) is 8.58. The summed E-state index contributed by atoms with van der Waals surface area (Å²) >= 11 is 1.39. The molecule has 0 saturated heterocycles. The van der Waals surface area contributed by atoms with Gasteiger partial charge in [-0.25, -0.2) is 9.78 Å². The van der Waals surface area contributed by atoms with E-state index < -0.39 is 5.60 Å². The first kappa shape index (κ1) is 21.2. The zero-order chi connectivity index (χ0) is 21.0. The Labute approximate surface area is 173 Å². The molecule has 0 unspecified atom stereocenters. The summed E-state index contributed by atoms with van der Waals surface area (Å²) in [5, 5.41) is 7.26. The first-order valence-electron chi connectivity index (χ1n) is 9.81. The second-order valence-corrected chi connectivity index (χ2v) is 9.03. The van der Waals surface area contributed by atoms with Crippen molar-refractivity contribution in [1.29, 1.82) is 0 Å². The van der Waals surface area contributed by atoms with Crippen LogP contribution in [0.4, 0.5) is 9.93 Å². The van der Waals surface area contributed by atoms with E-state index in [1.54, 1.807) is 4.90 Å². The lowest BCUT2D eigenvalue weighted by molar-refractivity contribution is -0.116. The molecule has 1 aliphatic rings. The molecule has 0 aliphatic carbocycles. The smallest absolute Gasteiger partial charge is 0.410 e. The Morgan fingerprint density at radius 3 is 2.79 bits per heavy atom.